The summed E-state index contributed by atoms with van der Waals surface area (Å²) in [6.07, 6.45) is 0. The largest absolute Gasteiger partial charge is 0.456 e. The monoisotopic (exact) mass is 1220 g/mol. The molecule has 0 aliphatic carbocycles. The summed E-state index contributed by atoms with van der Waals surface area (Å²) in [5.41, 5.74) is 20.3. The lowest BCUT2D eigenvalue weighted by atomic mass is 9.95. The Bertz CT molecular complexity index is 6820. The number of nitrogens with zero attached hydrogens (tertiary/aromatic N) is 8. The van der Waals surface area contributed by atoms with Crippen LogP contribution < -0.4 is 9.47 Å². The van der Waals surface area contributed by atoms with Gasteiger partial charge in [-0.15, -0.1) is 0 Å². The quantitative estimate of drug-likeness (QED) is 0.165. The molecule has 20 aromatic rings. The van der Waals surface area contributed by atoms with Gasteiger partial charge in [-0.2, -0.15) is 0 Å². The van der Waals surface area contributed by atoms with Gasteiger partial charge < -0.3 is 18.6 Å². The van der Waals surface area contributed by atoms with Crippen molar-refractivity contribution in [1.29, 1.82) is 0 Å². The van der Waals surface area contributed by atoms with Crippen molar-refractivity contribution in [2.24, 2.45) is 0 Å². The SMILES string of the molecule is c1ccc(-c2cc3c4ccccc4n(-c4nc5c6c(cccc6n4)Oc4ccccc4-5)c3c3c2c2cc(-c4ccc5c6ccc7c(ccc8c9ccccc9n(-c9nc%10c%11c(cccc%11n9)Oc9ccccc9-%10)c87)c6n(-c6ccccc6)c5c4)ccc2n3-c2ccccc2)cc1. The summed E-state index contributed by atoms with van der Waals surface area (Å²) in [5.74, 6) is 4.26. The Balaban J connectivity index is 0.804. The van der Waals surface area contributed by atoms with Gasteiger partial charge in [-0.05, 0) is 131 Å². The molecule has 2 aliphatic rings. The van der Waals surface area contributed by atoms with Crippen LogP contribution in [0, 0.1) is 0 Å². The van der Waals surface area contributed by atoms with Gasteiger partial charge >= 0.3 is 0 Å². The fourth-order valence-corrected chi connectivity index (χ4v) is 16.1. The Morgan fingerprint density at radius 2 is 0.667 bits per heavy atom. The average Bonchev–Trinajstić information content (AvgIpc) is 1.56. The van der Waals surface area contributed by atoms with E-state index in [9.17, 15) is 0 Å². The minimum Gasteiger partial charge on any atom is -0.456 e. The molecule has 14 aromatic carbocycles. The molecule has 0 radical (unpaired) electrons. The van der Waals surface area contributed by atoms with E-state index in [0.717, 1.165) is 199 Å². The lowest BCUT2D eigenvalue weighted by Gasteiger charge is -2.21. The summed E-state index contributed by atoms with van der Waals surface area (Å²) < 4.78 is 22.5. The van der Waals surface area contributed by atoms with E-state index in [2.05, 4.69) is 255 Å². The van der Waals surface area contributed by atoms with Gasteiger partial charge in [-0.3, -0.25) is 9.13 Å². The maximum absolute atomic E-state index is 6.52. The highest BCUT2D eigenvalue weighted by molar-refractivity contribution is 6.30. The molecule has 0 N–H and O–H groups in total. The second-order valence-electron chi connectivity index (χ2n) is 25.2. The smallest absolute Gasteiger partial charge is 0.235 e. The van der Waals surface area contributed by atoms with E-state index in [1.807, 2.05) is 54.6 Å². The van der Waals surface area contributed by atoms with E-state index >= 15 is 0 Å². The molecule has 0 amide bonds. The standard InChI is InChI=1S/C86H48N8O2/c1-4-20-49(21-5-1)63-48-64-55-27-11-15-33-69(55)94(86-88-67-31-19-37-75-78(67)80(90-86)62-29-13-17-35-73(62)96-75)83(64)84-76(63)65-46-50(39-45-70(65)91(84)52-22-6-2-7-23-52)51-38-40-56-58-42-44-60-59(81(58)92(71(56)47-51)53-24-8-3-9-25-53)43-41-57-54-26-10-14-32-68(54)93(82(57)60)85-87-66-30-18-36-74-77(66)79(89-85)61-28-12-16-34-72(61)95-74/h1-48H. The Morgan fingerprint density at radius 1 is 0.229 bits per heavy atom. The summed E-state index contributed by atoms with van der Waals surface area (Å²) >= 11 is 0. The van der Waals surface area contributed by atoms with Crippen molar-refractivity contribution in [3.63, 3.8) is 0 Å². The fraction of sp³-hybridized carbons (Fsp3) is 0. The van der Waals surface area contributed by atoms with Crippen LogP contribution in [0.15, 0.2) is 291 Å². The van der Waals surface area contributed by atoms with Crippen molar-refractivity contribution in [3.05, 3.63) is 291 Å². The van der Waals surface area contributed by atoms with E-state index < -0.39 is 0 Å². The normalized spacial score (nSPS) is 12.5. The molecule has 22 rings (SSSR count). The van der Waals surface area contributed by atoms with Gasteiger partial charge in [0.15, 0.2) is 0 Å². The van der Waals surface area contributed by atoms with Crippen LogP contribution in [0.1, 0.15) is 0 Å². The number of rotatable bonds is 6. The van der Waals surface area contributed by atoms with E-state index in [-0.39, 0.29) is 0 Å². The van der Waals surface area contributed by atoms with Gasteiger partial charge in [-0.25, -0.2) is 19.9 Å². The van der Waals surface area contributed by atoms with Crippen LogP contribution in [-0.2, 0) is 0 Å². The molecule has 10 nitrogen and oxygen atoms in total. The highest BCUT2D eigenvalue weighted by Gasteiger charge is 2.31. The van der Waals surface area contributed by atoms with Gasteiger partial charge in [0.25, 0.3) is 0 Å². The van der Waals surface area contributed by atoms with E-state index in [4.69, 9.17) is 29.4 Å². The van der Waals surface area contributed by atoms with Crippen LogP contribution in [0.3, 0.4) is 0 Å². The molecule has 0 bridgehead atoms. The molecule has 2 aliphatic heterocycles. The zero-order chi connectivity index (χ0) is 62.4. The maximum atomic E-state index is 6.52. The molecule has 96 heavy (non-hydrogen) atoms. The number of para-hydroxylation sites is 6. The van der Waals surface area contributed by atoms with Gasteiger partial charge in [0.1, 0.15) is 23.0 Å². The van der Waals surface area contributed by atoms with E-state index in [1.165, 1.54) is 0 Å². The summed E-state index contributed by atoms with van der Waals surface area (Å²) in [5, 5.41) is 13.1. The van der Waals surface area contributed by atoms with Gasteiger partial charge in [-0.1, -0.05) is 182 Å². The number of hydrogen-bond donors (Lipinski definition) is 0. The second-order valence-corrected chi connectivity index (χ2v) is 25.2. The average molecular weight is 1230 g/mol. The van der Waals surface area contributed by atoms with E-state index in [1.54, 1.807) is 0 Å². The molecule has 0 saturated heterocycles. The van der Waals surface area contributed by atoms with Crippen molar-refractivity contribution >= 4 is 120 Å². The first kappa shape index (κ1) is 51.4. The molecule has 0 unspecified atom stereocenters. The molecule has 444 valence electrons. The number of hydrogen-bond acceptors (Lipinski definition) is 6. The van der Waals surface area contributed by atoms with Crippen molar-refractivity contribution < 1.29 is 9.47 Å². The third kappa shape index (κ3) is 7.02. The molecular weight excluding hydrogens is 1180 g/mol. The van der Waals surface area contributed by atoms with Crippen LogP contribution in [0.2, 0.25) is 0 Å². The molecule has 0 spiro atoms. The molecule has 6 aromatic heterocycles. The van der Waals surface area contributed by atoms with Gasteiger partial charge in [0.2, 0.25) is 11.9 Å². The van der Waals surface area contributed by atoms with Crippen LogP contribution in [-0.4, -0.2) is 38.2 Å². The zero-order valence-electron chi connectivity index (χ0n) is 51.1. The highest BCUT2D eigenvalue weighted by atomic mass is 16.5. The molecule has 0 saturated carbocycles. The molecule has 10 heteroatoms. The first-order valence-electron chi connectivity index (χ1n) is 32.4. The molecular formula is C86H48N8O2. The third-order valence-electron chi connectivity index (χ3n) is 20.1. The number of aromatic nitrogens is 8. The second kappa shape index (κ2) is 19.2. The Morgan fingerprint density at radius 3 is 1.27 bits per heavy atom. The zero-order valence-corrected chi connectivity index (χ0v) is 51.1. The molecule has 8 heterocycles. The third-order valence-corrected chi connectivity index (χ3v) is 20.1. The summed E-state index contributed by atoms with van der Waals surface area (Å²) in [7, 11) is 0. The first-order chi connectivity index (χ1) is 47.6. The number of ether oxygens (including phenoxy) is 2. The lowest BCUT2D eigenvalue weighted by Crippen LogP contribution is -2.07. The lowest BCUT2D eigenvalue weighted by molar-refractivity contribution is 0.486. The van der Waals surface area contributed by atoms with Crippen LogP contribution in [0.25, 0.3) is 188 Å². The fourth-order valence-electron chi connectivity index (χ4n) is 16.1. The Kier molecular flexibility index (Phi) is 10.3. The van der Waals surface area contributed by atoms with E-state index in [0.29, 0.717) is 11.9 Å². The van der Waals surface area contributed by atoms with Crippen molar-refractivity contribution in [3.8, 4) is 91.0 Å². The van der Waals surface area contributed by atoms with Crippen molar-refractivity contribution in [2.75, 3.05) is 0 Å². The minimum absolute atomic E-state index is 0.586. The van der Waals surface area contributed by atoms with Crippen LogP contribution >= 0.6 is 0 Å². The Labute approximate surface area is 546 Å². The van der Waals surface area contributed by atoms with Crippen molar-refractivity contribution in [1.82, 2.24) is 38.2 Å². The van der Waals surface area contributed by atoms with Gasteiger partial charge in [0, 0.05) is 76.4 Å². The minimum atomic E-state index is 0.586. The number of fused-ring (bicyclic) bond motifs is 20. The summed E-state index contributed by atoms with van der Waals surface area (Å²) in [4.78, 5) is 22.0. The molecule has 0 fully saturated rings. The predicted octanol–water partition coefficient (Wildman–Crippen LogP) is 22.0. The Hall–Kier alpha value is -13.2. The molecule has 0 atom stereocenters. The van der Waals surface area contributed by atoms with Crippen LogP contribution in [0.4, 0.5) is 0 Å². The summed E-state index contributed by atoms with van der Waals surface area (Å²) in [6, 6.07) is 104. The summed E-state index contributed by atoms with van der Waals surface area (Å²) in [6.45, 7) is 0. The van der Waals surface area contributed by atoms with Crippen molar-refractivity contribution in [2.45, 2.75) is 0 Å². The van der Waals surface area contributed by atoms with Crippen LogP contribution in [0.5, 0.6) is 23.0 Å². The predicted molar refractivity (Wildman–Crippen MR) is 389 cm³/mol. The number of benzene rings is 14. The van der Waals surface area contributed by atoms with Gasteiger partial charge in [0.05, 0.1) is 77.3 Å². The first-order valence-corrected chi connectivity index (χ1v) is 32.4. The highest BCUT2D eigenvalue weighted by Crippen LogP contribution is 2.52. The maximum Gasteiger partial charge on any atom is 0.235 e. The topological polar surface area (TPSA) is 89.7 Å².